The number of allylic oxidation sites excluding steroid dienone is 1. The molecule has 0 spiro atoms. The van der Waals surface area contributed by atoms with Gasteiger partial charge in [0.05, 0.1) is 6.42 Å². The van der Waals surface area contributed by atoms with Gasteiger partial charge >= 0.3 is 11.9 Å². The number of anilines is 1. The molecule has 0 bridgehead atoms. The van der Waals surface area contributed by atoms with Crippen LogP contribution in [0.1, 0.15) is 25.0 Å². The molecule has 2 unspecified atom stereocenters. The molecule has 0 aromatic carbocycles. The Hall–Kier alpha value is -4.23. The summed E-state index contributed by atoms with van der Waals surface area (Å²) in [6, 6.07) is -0.995. The molecule has 5 rings (SSSR count). The third-order valence-corrected chi connectivity index (χ3v) is 9.17. The van der Waals surface area contributed by atoms with E-state index in [1.165, 1.54) is 28.7 Å². The summed E-state index contributed by atoms with van der Waals surface area (Å²) in [5.74, 6) is -3.16. The minimum absolute atomic E-state index is 0.142. The van der Waals surface area contributed by atoms with Crippen LogP contribution in [0.3, 0.4) is 0 Å². The smallest absolute Gasteiger partial charge is 0.352 e. The number of carboxylic acid groups (broad SMARTS) is 2. The standard InChI is InChI=1S/C23H23N9O7S3/c24-22-25-13(10-41-22)15(28-39-12-4-1-2-5-12)18(35)26-16-19(36)32-17(21(37)38)11(8-40-20(16)32)9-42-23-27-29-30-31(23)7-3-6-14(33)34/h1,3-4,7,10,12,16,20H,2,5-6,8-9H2,(H2,24,25)(H,26,35)(H,33,34)(H,37,38)/b7-3+,28-15-/t12?,16?,20-/m1/s1. The quantitative estimate of drug-likeness (QED) is 0.0826. The summed E-state index contributed by atoms with van der Waals surface area (Å²) in [6.07, 6.45) is 7.59. The number of nitrogens with one attached hydrogen (secondary N) is 1. The lowest BCUT2D eigenvalue weighted by Gasteiger charge is -2.49. The molecular weight excluding hydrogens is 611 g/mol. The van der Waals surface area contributed by atoms with E-state index < -0.39 is 35.2 Å². The normalized spacial score (nSPS) is 21.9. The summed E-state index contributed by atoms with van der Waals surface area (Å²) in [5.41, 5.74) is 6.10. The number of carbonyl (C=O) groups is 4. The Morgan fingerprint density at radius 2 is 2.17 bits per heavy atom. The van der Waals surface area contributed by atoms with Crippen molar-refractivity contribution in [3.8, 4) is 0 Å². The summed E-state index contributed by atoms with van der Waals surface area (Å²) in [4.78, 5) is 60.2. The number of carbonyl (C=O) groups excluding carboxylic acids is 2. The number of rotatable bonds is 12. The Balaban J connectivity index is 1.28. The van der Waals surface area contributed by atoms with E-state index in [1.807, 2.05) is 12.2 Å². The number of amides is 2. The summed E-state index contributed by atoms with van der Waals surface area (Å²) < 4.78 is 1.27. The Morgan fingerprint density at radius 1 is 1.33 bits per heavy atom. The number of thioether (sulfide) groups is 2. The highest BCUT2D eigenvalue weighted by atomic mass is 32.2. The highest BCUT2D eigenvalue weighted by molar-refractivity contribution is 8.01. The molecule has 3 atom stereocenters. The molecule has 3 aliphatic rings. The minimum Gasteiger partial charge on any atom is -0.481 e. The average Bonchev–Trinajstić information content (AvgIpc) is 3.73. The van der Waals surface area contributed by atoms with Gasteiger partial charge < -0.3 is 26.1 Å². The molecule has 16 nitrogen and oxygen atoms in total. The van der Waals surface area contributed by atoms with E-state index in [4.69, 9.17) is 15.7 Å². The first-order valence-corrected chi connectivity index (χ1v) is 15.3. The van der Waals surface area contributed by atoms with Crippen molar-refractivity contribution in [2.75, 3.05) is 17.2 Å². The Kier molecular flexibility index (Phi) is 8.88. The predicted octanol–water partition coefficient (Wildman–Crippen LogP) is 0.627. The first-order valence-electron chi connectivity index (χ1n) is 12.3. The maximum Gasteiger partial charge on any atom is 0.352 e. The van der Waals surface area contributed by atoms with Gasteiger partial charge in [-0.1, -0.05) is 29.1 Å². The van der Waals surface area contributed by atoms with Gasteiger partial charge in [-0.15, -0.1) is 28.2 Å². The molecule has 19 heteroatoms. The number of oxime groups is 1. The number of nitrogens with two attached hydrogens (primary N) is 1. The number of hydrogen-bond donors (Lipinski definition) is 4. The van der Waals surface area contributed by atoms with Crippen LogP contribution < -0.4 is 11.1 Å². The van der Waals surface area contributed by atoms with E-state index in [0.717, 1.165) is 34.4 Å². The van der Waals surface area contributed by atoms with Crippen molar-refractivity contribution in [2.24, 2.45) is 5.16 Å². The van der Waals surface area contributed by atoms with Crippen molar-refractivity contribution in [3.63, 3.8) is 0 Å². The summed E-state index contributed by atoms with van der Waals surface area (Å²) >= 11 is 3.56. The Labute approximate surface area is 249 Å². The van der Waals surface area contributed by atoms with Crippen LogP contribution >= 0.6 is 34.9 Å². The molecule has 2 aliphatic heterocycles. The van der Waals surface area contributed by atoms with E-state index in [2.05, 4.69) is 31.0 Å². The SMILES string of the molecule is Nc1nc(/C(=N/OC2C=CCC2)C(=O)NC2C(=O)N3C(C(=O)O)=C(CSc4nnnn4/C=C/CC(=O)O)CS[C@H]23)cs1. The number of aromatic nitrogens is 5. The molecule has 2 aromatic rings. The number of tetrazole rings is 1. The second-order valence-corrected chi connectivity index (χ2v) is 11.9. The zero-order chi connectivity index (χ0) is 29.8. The lowest BCUT2D eigenvalue weighted by atomic mass is 10.0. The lowest BCUT2D eigenvalue weighted by molar-refractivity contribution is -0.150. The summed E-state index contributed by atoms with van der Waals surface area (Å²) in [5, 5.41) is 38.1. The van der Waals surface area contributed by atoms with Gasteiger partial charge in [-0.05, 0) is 34.9 Å². The van der Waals surface area contributed by atoms with Crippen molar-refractivity contribution in [1.82, 2.24) is 35.4 Å². The van der Waals surface area contributed by atoms with Crippen LogP contribution in [0.25, 0.3) is 6.20 Å². The molecule has 1 fully saturated rings. The highest BCUT2D eigenvalue weighted by Crippen LogP contribution is 2.41. The van der Waals surface area contributed by atoms with E-state index >= 15 is 0 Å². The van der Waals surface area contributed by atoms with Gasteiger partial charge in [-0.2, -0.15) is 4.68 Å². The van der Waals surface area contributed by atoms with E-state index in [-0.39, 0.29) is 46.3 Å². The van der Waals surface area contributed by atoms with E-state index in [9.17, 15) is 24.3 Å². The van der Waals surface area contributed by atoms with Crippen LogP contribution in [0, 0.1) is 0 Å². The first-order chi connectivity index (χ1) is 20.2. The van der Waals surface area contributed by atoms with Gasteiger partial charge in [0.1, 0.15) is 28.9 Å². The second kappa shape index (κ2) is 12.7. The predicted molar refractivity (Wildman–Crippen MR) is 152 cm³/mol. The number of nitrogens with zero attached hydrogens (tertiary/aromatic N) is 7. The van der Waals surface area contributed by atoms with Gasteiger partial charge in [0.15, 0.2) is 10.8 Å². The zero-order valence-electron chi connectivity index (χ0n) is 21.5. The molecule has 1 aliphatic carbocycles. The number of hydrogen-bond acceptors (Lipinski definition) is 14. The zero-order valence-corrected chi connectivity index (χ0v) is 24.0. The molecule has 0 saturated carbocycles. The maximum atomic E-state index is 13.3. The Morgan fingerprint density at radius 3 is 2.86 bits per heavy atom. The molecule has 220 valence electrons. The van der Waals surface area contributed by atoms with E-state index in [0.29, 0.717) is 17.2 Å². The molecule has 4 heterocycles. The van der Waals surface area contributed by atoms with Gasteiger partial charge in [0, 0.05) is 23.1 Å². The number of fused-ring (bicyclic) bond motifs is 1. The molecule has 0 radical (unpaired) electrons. The molecule has 1 saturated heterocycles. The van der Waals surface area contributed by atoms with Crippen molar-refractivity contribution in [3.05, 3.63) is 40.6 Å². The molecular formula is C23H23N9O7S3. The third-order valence-electron chi connectivity index (χ3n) is 6.14. The lowest BCUT2D eigenvalue weighted by Crippen LogP contribution is -2.71. The van der Waals surface area contributed by atoms with Crippen molar-refractivity contribution >= 4 is 75.7 Å². The Bertz CT molecular complexity index is 1530. The van der Waals surface area contributed by atoms with Gasteiger partial charge in [-0.3, -0.25) is 19.3 Å². The fourth-order valence-electron chi connectivity index (χ4n) is 4.20. The number of β-lactam (4-membered cyclic amide) rings is 1. The van der Waals surface area contributed by atoms with Gasteiger partial charge in [0.25, 0.3) is 11.8 Å². The fraction of sp³-hybridized carbons (Fsp3) is 0.348. The van der Waals surface area contributed by atoms with Crippen LogP contribution in [0.5, 0.6) is 0 Å². The monoisotopic (exact) mass is 633 g/mol. The summed E-state index contributed by atoms with van der Waals surface area (Å²) in [7, 11) is 0. The van der Waals surface area contributed by atoms with Crippen LogP contribution in [0.2, 0.25) is 0 Å². The molecule has 5 N–H and O–H groups in total. The van der Waals surface area contributed by atoms with Gasteiger partial charge in [0.2, 0.25) is 5.16 Å². The number of carboxylic acids is 2. The summed E-state index contributed by atoms with van der Waals surface area (Å²) in [6.45, 7) is 0. The van der Waals surface area contributed by atoms with Crippen LogP contribution in [-0.2, 0) is 24.0 Å². The van der Waals surface area contributed by atoms with Crippen LogP contribution in [0.4, 0.5) is 5.13 Å². The maximum absolute atomic E-state index is 13.3. The van der Waals surface area contributed by atoms with Gasteiger partial charge in [-0.25, -0.2) is 9.78 Å². The first kappa shape index (κ1) is 29.3. The average molecular weight is 634 g/mol. The van der Waals surface area contributed by atoms with Crippen molar-refractivity contribution in [2.45, 2.75) is 41.9 Å². The largest absolute Gasteiger partial charge is 0.481 e. The fourth-order valence-corrected chi connectivity index (χ4v) is 7.09. The number of thiazole rings is 1. The van der Waals surface area contributed by atoms with Crippen molar-refractivity contribution < 1.29 is 34.2 Å². The topological polar surface area (TPSA) is 228 Å². The number of aliphatic carboxylic acids is 2. The van der Waals surface area contributed by atoms with Crippen LogP contribution in [-0.4, -0.2) is 98.8 Å². The third kappa shape index (κ3) is 6.31. The molecule has 42 heavy (non-hydrogen) atoms. The second-order valence-electron chi connectivity index (χ2n) is 8.96. The van der Waals surface area contributed by atoms with Crippen molar-refractivity contribution in [1.29, 1.82) is 0 Å². The molecule has 2 amide bonds. The minimum atomic E-state index is -1.28. The highest BCUT2D eigenvalue weighted by Gasteiger charge is 2.54. The number of nitrogen functional groups attached to an aromatic ring is 1. The van der Waals surface area contributed by atoms with Crippen LogP contribution in [0.15, 0.2) is 45.2 Å². The van der Waals surface area contributed by atoms with E-state index in [1.54, 1.807) is 5.38 Å². The molecule has 2 aromatic heterocycles.